The summed E-state index contributed by atoms with van der Waals surface area (Å²) in [4.78, 5) is 11.9. The van der Waals surface area contributed by atoms with Crippen molar-refractivity contribution in [1.29, 1.82) is 0 Å². The van der Waals surface area contributed by atoms with E-state index in [-0.39, 0.29) is 17.6 Å². The van der Waals surface area contributed by atoms with Gasteiger partial charge >= 0.3 is 0 Å². The molecule has 0 saturated carbocycles. The average Bonchev–Trinajstić information content (AvgIpc) is 2.56. The molecule has 2 aromatic rings. The third kappa shape index (κ3) is 4.23. The second-order valence-corrected chi connectivity index (χ2v) is 5.66. The molecule has 0 aliphatic rings. The fourth-order valence-electron chi connectivity index (χ4n) is 2.01. The summed E-state index contributed by atoms with van der Waals surface area (Å²) in [7, 11) is 1.51. The Kier molecular flexibility index (Phi) is 5.76. The van der Waals surface area contributed by atoms with Crippen LogP contribution in [0.2, 0.25) is 0 Å². The molecule has 0 spiro atoms. The van der Waals surface area contributed by atoms with Crippen molar-refractivity contribution in [3.05, 3.63) is 48.3 Å². The van der Waals surface area contributed by atoms with E-state index in [4.69, 9.17) is 15.2 Å². The first-order chi connectivity index (χ1) is 11.4. The Hall–Kier alpha value is -2.60. The summed E-state index contributed by atoms with van der Waals surface area (Å²) < 4.78 is 24.9. The number of methoxy groups -OCH3 is 1. The molecule has 0 bridgehead atoms. The van der Waals surface area contributed by atoms with Gasteiger partial charge in [0.1, 0.15) is 0 Å². The van der Waals surface area contributed by atoms with Crippen molar-refractivity contribution in [2.75, 3.05) is 12.4 Å². The van der Waals surface area contributed by atoms with Gasteiger partial charge in [-0.25, -0.2) is 4.39 Å². The van der Waals surface area contributed by atoms with Gasteiger partial charge in [0.05, 0.1) is 13.2 Å². The smallest absolute Gasteiger partial charge is 0.241 e. The number of nitrogens with two attached hydrogens (primary N) is 1. The number of benzene rings is 2. The van der Waals surface area contributed by atoms with Gasteiger partial charge in [-0.2, -0.15) is 0 Å². The molecule has 0 radical (unpaired) electrons. The van der Waals surface area contributed by atoms with Crippen LogP contribution in [0, 0.1) is 11.7 Å². The van der Waals surface area contributed by atoms with Crippen molar-refractivity contribution in [1.82, 2.24) is 0 Å². The zero-order chi connectivity index (χ0) is 17.7. The summed E-state index contributed by atoms with van der Waals surface area (Å²) >= 11 is 0. The Balaban J connectivity index is 2.14. The second kappa shape index (κ2) is 7.79. The van der Waals surface area contributed by atoms with E-state index in [1.807, 2.05) is 13.8 Å². The first kappa shape index (κ1) is 17.7. The highest BCUT2D eigenvalue weighted by molar-refractivity contribution is 5.94. The number of hydrogen-bond acceptors (Lipinski definition) is 4. The molecule has 0 fully saturated rings. The van der Waals surface area contributed by atoms with Gasteiger partial charge in [-0.15, -0.1) is 0 Å². The maximum Gasteiger partial charge on any atom is 0.241 e. The fourth-order valence-corrected chi connectivity index (χ4v) is 2.01. The molecule has 0 aromatic heterocycles. The summed E-state index contributed by atoms with van der Waals surface area (Å²) in [6.07, 6.45) is 0. The van der Waals surface area contributed by atoms with Gasteiger partial charge in [0.25, 0.3) is 0 Å². The number of carbonyl (C=O) groups is 1. The highest BCUT2D eigenvalue weighted by atomic mass is 19.1. The molecule has 2 rings (SSSR count). The highest BCUT2D eigenvalue weighted by Crippen LogP contribution is 2.33. The van der Waals surface area contributed by atoms with Crippen molar-refractivity contribution in [2.45, 2.75) is 19.9 Å². The van der Waals surface area contributed by atoms with Crippen LogP contribution in [0.25, 0.3) is 0 Å². The monoisotopic (exact) mass is 332 g/mol. The number of para-hydroxylation sites is 2. The van der Waals surface area contributed by atoms with Gasteiger partial charge in [-0.3, -0.25) is 4.79 Å². The molecule has 0 aliphatic carbocycles. The molecule has 24 heavy (non-hydrogen) atoms. The maximum atomic E-state index is 14.2. The van der Waals surface area contributed by atoms with E-state index in [0.717, 1.165) is 0 Å². The first-order valence-corrected chi connectivity index (χ1v) is 7.59. The lowest BCUT2D eigenvalue weighted by Crippen LogP contribution is -2.39. The van der Waals surface area contributed by atoms with Gasteiger partial charge in [-0.1, -0.05) is 26.0 Å². The van der Waals surface area contributed by atoms with Crippen molar-refractivity contribution in [3.8, 4) is 17.2 Å². The van der Waals surface area contributed by atoms with E-state index in [0.29, 0.717) is 17.2 Å². The van der Waals surface area contributed by atoms with Crippen molar-refractivity contribution in [3.63, 3.8) is 0 Å². The van der Waals surface area contributed by atoms with E-state index >= 15 is 0 Å². The number of nitrogens with one attached hydrogen (secondary N) is 1. The zero-order valence-corrected chi connectivity index (χ0v) is 13.9. The van der Waals surface area contributed by atoms with Crippen molar-refractivity contribution >= 4 is 11.6 Å². The molecule has 0 saturated heterocycles. The minimum atomic E-state index is -0.655. The van der Waals surface area contributed by atoms with Gasteiger partial charge in [0.2, 0.25) is 5.91 Å². The van der Waals surface area contributed by atoms with E-state index in [2.05, 4.69) is 5.32 Å². The maximum absolute atomic E-state index is 14.2. The minimum absolute atomic E-state index is 0.0111. The van der Waals surface area contributed by atoms with Crippen LogP contribution in [-0.4, -0.2) is 19.1 Å². The van der Waals surface area contributed by atoms with Crippen LogP contribution >= 0.6 is 0 Å². The van der Waals surface area contributed by atoms with Crippen LogP contribution < -0.4 is 20.5 Å². The quantitative estimate of drug-likeness (QED) is 0.848. The lowest BCUT2D eigenvalue weighted by atomic mass is 10.0. The fraction of sp³-hybridized carbons (Fsp3) is 0.278. The molecule has 3 N–H and O–H groups in total. The highest BCUT2D eigenvalue weighted by Gasteiger charge is 2.18. The number of amides is 1. The van der Waals surface area contributed by atoms with Crippen LogP contribution in [-0.2, 0) is 4.79 Å². The Morgan fingerprint density at radius 2 is 1.79 bits per heavy atom. The first-order valence-electron chi connectivity index (χ1n) is 7.59. The predicted octanol–water partition coefficient (Wildman–Crippen LogP) is 3.55. The number of anilines is 1. The van der Waals surface area contributed by atoms with E-state index in [9.17, 15) is 9.18 Å². The van der Waals surface area contributed by atoms with Crippen molar-refractivity contribution in [2.24, 2.45) is 11.7 Å². The molecular weight excluding hydrogens is 311 g/mol. The summed E-state index contributed by atoms with van der Waals surface area (Å²) in [5, 5.41) is 2.59. The molecule has 6 heteroatoms. The standard InChI is InChI=1S/C18H21FN2O3/c1-11(2)17(20)18(22)21-12-8-9-14(13(19)10-12)24-16-7-5-4-6-15(16)23-3/h4-11,17H,20H2,1-3H3,(H,21,22)/t17-/m0/s1. The van der Waals surface area contributed by atoms with Crippen LogP contribution in [0.4, 0.5) is 10.1 Å². The lowest BCUT2D eigenvalue weighted by Gasteiger charge is -2.16. The molecular formula is C18H21FN2O3. The second-order valence-electron chi connectivity index (χ2n) is 5.66. The molecule has 2 aromatic carbocycles. The number of halogens is 1. The third-order valence-electron chi connectivity index (χ3n) is 3.51. The molecule has 1 amide bonds. The average molecular weight is 332 g/mol. The van der Waals surface area contributed by atoms with Crippen LogP contribution in [0.5, 0.6) is 17.2 Å². The van der Waals surface area contributed by atoms with Gasteiger partial charge in [0, 0.05) is 11.8 Å². The van der Waals surface area contributed by atoms with Crippen molar-refractivity contribution < 1.29 is 18.7 Å². The Morgan fingerprint density at radius 1 is 1.12 bits per heavy atom. The zero-order valence-electron chi connectivity index (χ0n) is 13.9. The number of ether oxygens (including phenoxy) is 2. The summed E-state index contributed by atoms with van der Waals surface area (Å²) in [5.41, 5.74) is 6.09. The number of hydrogen-bond donors (Lipinski definition) is 2. The SMILES string of the molecule is COc1ccccc1Oc1ccc(NC(=O)[C@@H](N)C(C)C)cc1F. The predicted molar refractivity (Wildman–Crippen MR) is 90.9 cm³/mol. The van der Waals surface area contributed by atoms with Gasteiger partial charge in [0.15, 0.2) is 23.1 Å². The summed E-state index contributed by atoms with van der Waals surface area (Å²) in [6, 6.07) is 10.5. The Morgan fingerprint density at radius 3 is 2.38 bits per heavy atom. The van der Waals surface area contributed by atoms with Gasteiger partial charge in [-0.05, 0) is 30.2 Å². The molecule has 0 aliphatic heterocycles. The van der Waals surface area contributed by atoms with Crippen LogP contribution in [0.15, 0.2) is 42.5 Å². The van der Waals surface area contributed by atoms with E-state index < -0.39 is 11.9 Å². The largest absolute Gasteiger partial charge is 0.493 e. The number of rotatable bonds is 6. The minimum Gasteiger partial charge on any atom is -0.493 e. The Bertz CT molecular complexity index is 719. The van der Waals surface area contributed by atoms with Crippen LogP contribution in [0.1, 0.15) is 13.8 Å². The van der Waals surface area contributed by atoms with Gasteiger partial charge < -0.3 is 20.5 Å². The van der Waals surface area contributed by atoms with E-state index in [1.54, 1.807) is 30.3 Å². The Labute approximate surface area is 140 Å². The summed E-state index contributed by atoms with van der Waals surface area (Å²) in [6.45, 7) is 3.68. The number of carbonyl (C=O) groups excluding carboxylic acids is 1. The van der Waals surface area contributed by atoms with Crippen LogP contribution in [0.3, 0.4) is 0 Å². The summed E-state index contributed by atoms with van der Waals surface area (Å²) in [5.74, 6) is -0.0389. The topological polar surface area (TPSA) is 73.6 Å². The van der Waals surface area contributed by atoms with E-state index in [1.165, 1.54) is 19.2 Å². The molecule has 0 unspecified atom stereocenters. The third-order valence-corrected chi connectivity index (χ3v) is 3.51. The molecule has 0 heterocycles. The molecule has 1 atom stereocenters. The molecule has 128 valence electrons. The molecule has 5 nitrogen and oxygen atoms in total. The normalized spacial score (nSPS) is 11.9. The lowest BCUT2D eigenvalue weighted by molar-refractivity contribution is -0.118.